The van der Waals surface area contributed by atoms with E-state index in [0.717, 1.165) is 23.5 Å². The van der Waals surface area contributed by atoms with Gasteiger partial charge in [-0.2, -0.15) is 0 Å². The van der Waals surface area contributed by atoms with Crippen LogP contribution in [0, 0.1) is 0 Å². The Bertz CT molecular complexity index is 603. The zero-order chi connectivity index (χ0) is 14.5. The Morgan fingerprint density at radius 3 is 2.45 bits per heavy atom. The van der Waals surface area contributed by atoms with E-state index in [2.05, 4.69) is 12.3 Å². The minimum atomic E-state index is -0.163. The zero-order valence-electron chi connectivity index (χ0n) is 12.4. The van der Waals surface area contributed by atoms with E-state index in [0.29, 0.717) is 0 Å². The van der Waals surface area contributed by atoms with Crippen molar-refractivity contribution in [3.05, 3.63) is 70.6 Å². The van der Waals surface area contributed by atoms with Gasteiger partial charge in [0.25, 0.3) is 0 Å². The van der Waals surface area contributed by atoms with Crippen LogP contribution in [-0.4, -0.2) is 18.9 Å². The summed E-state index contributed by atoms with van der Waals surface area (Å²) in [5.74, 6) is 0.0208. The molecule has 22 heavy (non-hydrogen) atoms. The molecule has 116 valence electrons. The Balaban J connectivity index is 0.00000176. The third-order valence-electron chi connectivity index (χ3n) is 3.97. The van der Waals surface area contributed by atoms with Crippen molar-refractivity contribution in [2.24, 2.45) is 0 Å². The molecule has 1 aliphatic rings. The number of hydrogen-bond donors (Lipinski definition) is 1. The van der Waals surface area contributed by atoms with Crippen molar-refractivity contribution in [1.82, 2.24) is 0 Å². The zero-order valence-corrected chi connectivity index (χ0v) is 13.9. The van der Waals surface area contributed by atoms with Gasteiger partial charge in [-0.1, -0.05) is 36.4 Å². The number of hydrogen-bond acceptors (Lipinski definition) is 2. The van der Waals surface area contributed by atoms with Crippen molar-refractivity contribution in [2.75, 3.05) is 13.1 Å². The predicted octanol–water partition coefficient (Wildman–Crippen LogP) is -0.354. The van der Waals surface area contributed by atoms with Crippen molar-refractivity contribution in [2.45, 2.75) is 18.8 Å². The number of carbonyl (C=O) groups is 1. The highest BCUT2D eigenvalue weighted by molar-refractivity contribution is 7.10. The van der Waals surface area contributed by atoms with Gasteiger partial charge in [-0.05, 0) is 17.0 Å². The van der Waals surface area contributed by atoms with E-state index in [1.807, 2.05) is 41.8 Å². The molecule has 0 aliphatic carbocycles. The molecule has 1 aromatic heterocycles. The maximum atomic E-state index is 12.7. The molecule has 0 amide bonds. The lowest BCUT2D eigenvalue weighted by molar-refractivity contribution is -0.832. The summed E-state index contributed by atoms with van der Waals surface area (Å²) in [6.07, 6.45) is 6.37. The third kappa shape index (κ3) is 4.07. The first kappa shape index (κ1) is 16.9. The van der Waals surface area contributed by atoms with Crippen LogP contribution in [0.2, 0.25) is 0 Å². The Hall–Kier alpha value is -1.42. The van der Waals surface area contributed by atoms with Crippen LogP contribution in [-0.2, 0) is 4.79 Å². The van der Waals surface area contributed by atoms with Gasteiger partial charge in [-0.15, -0.1) is 11.3 Å². The number of rotatable bonds is 5. The fourth-order valence-corrected chi connectivity index (χ4v) is 3.72. The largest absolute Gasteiger partial charge is 1.00 e. The minimum absolute atomic E-state index is 0. The number of carbonyl (C=O) groups excluding carboxylic acids is 1. The average Bonchev–Trinajstić information content (AvgIpc) is 3.20. The molecule has 1 atom stereocenters. The van der Waals surface area contributed by atoms with Crippen molar-refractivity contribution in [1.29, 1.82) is 0 Å². The number of nitrogens with one attached hydrogen (secondary N) is 1. The number of likely N-dealkylation sites (tertiary alicyclic amines) is 1. The summed E-state index contributed by atoms with van der Waals surface area (Å²) in [6, 6.07) is 14.1. The molecule has 0 bridgehead atoms. The van der Waals surface area contributed by atoms with E-state index in [9.17, 15) is 4.79 Å². The van der Waals surface area contributed by atoms with Gasteiger partial charge in [-0.3, -0.25) is 4.79 Å². The van der Waals surface area contributed by atoms with Gasteiger partial charge in [-0.25, -0.2) is 0 Å². The fraction of sp³-hybridized carbons (Fsp3) is 0.278. The summed E-state index contributed by atoms with van der Waals surface area (Å²) in [7, 11) is 0. The molecule has 2 heterocycles. The van der Waals surface area contributed by atoms with Gasteiger partial charge < -0.3 is 17.3 Å². The Labute approximate surface area is 141 Å². The van der Waals surface area contributed by atoms with Gasteiger partial charge in [0.2, 0.25) is 0 Å². The lowest BCUT2D eigenvalue weighted by Crippen LogP contribution is -3.05. The standard InChI is InChI=1S/C18H19NOS.ClH/c20-16(10-13-19-11-4-5-12-19)18(17-9-6-14-21-17)15-7-2-1-3-8-15;/h1-3,6-10,13-14,18H,4-5,11-12H2;1H/b13-10+;. The predicted molar refractivity (Wildman–Crippen MR) is 86.7 cm³/mol. The van der Waals surface area contributed by atoms with E-state index in [4.69, 9.17) is 0 Å². The molecule has 1 N–H and O–H groups in total. The Morgan fingerprint density at radius 2 is 1.82 bits per heavy atom. The monoisotopic (exact) mass is 333 g/mol. The van der Waals surface area contributed by atoms with E-state index >= 15 is 0 Å². The second kappa shape index (κ2) is 8.28. The first-order valence-electron chi connectivity index (χ1n) is 7.49. The van der Waals surface area contributed by atoms with Crippen LogP contribution in [0.15, 0.2) is 60.1 Å². The van der Waals surface area contributed by atoms with Gasteiger partial charge in [0, 0.05) is 23.8 Å². The van der Waals surface area contributed by atoms with Crippen LogP contribution < -0.4 is 17.3 Å². The molecule has 1 aliphatic heterocycles. The summed E-state index contributed by atoms with van der Waals surface area (Å²) < 4.78 is 0. The van der Waals surface area contributed by atoms with Crippen LogP contribution in [0.5, 0.6) is 0 Å². The molecule has 0 saturated carbocycles. The SMILES string of the molecule is O=C(/C=C/[NH+]1CCCC1)C(c1ccccc1)c1cccs1.[Cl-]. The van der Waals surface area contributed by atoms with Gasteiger partial charge in [0.1, 0.15) is 0 Å². The highest BCUT2D eigenvalue weighted by Gasteiger charge is 2.22. The fourth-order valence-electron chi connectivity index (χ4n) is 2.86. The Kier molecular flexibility index (Phi) is 6.37. The molecule has 1 aromatic carbocycles. The lowest BCUT2D eigenvalue weighted by Gasteiger charge is -2.13. The normalized spacial score (nSPS) is 16.5. The summed E-state index contributed by atoms with van der Waals surface area (Å²) >= 11 is 1.65. The van der Waals surface area contributed by atoms with Crippen LogP contribution in [0.3, 0.4) is 0 Å². The summed E-state index contributed by atoms with van der Waals surface area (Å²) in [5.41, 5.74) is 1.08. The van der Waals surface area contributed by atoms with E-state index in [1.165, 1.54) is 17.7 Å². The number of ketones is 1. The smallest absolute Gasteiger partial charge is 0.173 e. The maximum absolute atomic E-state index is 12.7. The molecule has 0 spiro atoms. The topological polar surface area (TPSA) is 21.5 Å². The number of allylic oxidation sites excluding steroid dienone is 1. The number of halogens is 1. The van der Waals surface area contributed by atoms with Crippen molar-refractivity contribution in [3.63, 3.8) is 0 Å². The van der Waals surface area contributed by atoms with E-state index in [-0.39, 0.29) is 24.1 Å². The molecule has 4 heteroatoms. The van der Waals surface area contributed by atoms with Crippen molar-refractivity contribution in [3.8, 4) is 0 Å². The minimum Gasteiger partial charge on any atom is -1.00 e. The van der Waals surface area contributed by atoms with Gasteiger partial charge >= 0.3 is 0 Å². The summed E-state index contributed by atoms with van der Waals surface area (Å²) in [5, 5.41) is 2.04. The molecular formula is C18H20ClNOS. The van der Waals surface area contributed by atoms with Crippen LogP contribution in [0.4, 0.5) is 0 Å². The molecule has 0 radical (unpaired) electrons. The van der Waals surface area contributed by atoms with Gasteiger partial charge in [0.15, 0.2) is 5.78 Å². The van der Waals surface area contributed by atoms with E-state index < -0.39 is 0 Å². The Morgan fingerprint density at radius 1 is 1.09 bits per heavy atom. The molecule has 1 unspecified atom stereocenters. The van der Waals surface area contributed by atoms with Crippen molar-refractivity contribution < 1.29 is 22.1 Å². The lowest BCUT2D eigenvalue weighted by atomic mass is 9.93. The van der Waals surface area contributed by atoms with Crippen LogP contribution >= 0.6 is 11.3 Å². The quantitative estimate of drug-likeness (QED) is 0.742. The molecular weight excluding hydrogens is 314 g/mol. The van der Waals surface area contributed by atoms with Gasteiger partial charge in [0.05, 0.1) is 25.2 Å². The molecule has 1 saturated heterocycles. The highest BCUT2D eigenvalue weighted by atomic mass is 35.5. The van der Waals surface area contributed by atoms with Crippen LogP contribution in [0.25, 0.3) is 0 Å². The first-order valence-corrected chi connectivity index (χ1v) is 8.37. The molecule has 2 nitrogen and oxygen atoms in total. The van der Waals surface area contributed by atoms with E-state index in [1.54, 1.807) is 17.4 Å². The summed E-state index contributed by atoms with van der Waals surface area (Å²) in [4.78, 5) is 15.2. The second-order valence-corrected chi connectivity index (χ2v) is 6.44. The second-order valence-electron chi connectivity index (χ2n) is 5.46. The molecule has 2 aromatic rings. The van der Waals surface area contributed by atoms with Crippen LogP contribution in [0.1, 0.15) is 29.2 Å². The number of quaternary nitrogens is 1. The summed E-state index contributed by atoms with van der Waals surface area (Å²) in [6.45, 7) is 2.30. The number of thiophene rings is 1. The molecule has 1 fully saturated rings. The maximum Gasteiger partial charge on any atom is 0.173 e. The molecule has 3 rings (SSSR count). The highest BCUT2D eigenvalue weighted by Crippen LogP contribution is 2.29. The first-order chi connectivity index (χ1) is 10.3. The van der Waals surface area contributed by atoms with Crippen molar-refractivity contribution >= 4 is 17.1 Å². The average molecular weight is 334 g/mol. The number of benzene rings is 1. The third-order valence-corrected chi connectivity index (χ3v) is 4.91.